The molecule has 0 heterocycles. The number of carbonyl (C=O) groups excluding carboxylic acids is 2. The first-order valence-corrected chi connectivity index (χ1v) is 9.18. The zero-order valence-corrected chi connectivity index (χ0v) is 16.2. The van der Waals surface area contributed by atoms with Crippen molar-refractivity contribution in [2.75, 3.05) is 17.6 Å². The van der Waals surface area contributed by atoms with E-state index in [-0.39, 0.29) is 47.1 Å². The number of carbonyl (C=O) groups is 2. The minimum atomic E-state index is -0.356. The molecular weight excluding hydrogens is 365 g/mol. The maximum Gasteiger partial charge on any atom is 0.234 e. The van der Waals surface area contributed by atoms with Crippen LogP contribution in [-0.4, -0.2) is 35.4 Å². The lowest BCUT2D eigenvalue weighted by Crippen LogP contribution is -2.43. The van der Waals surface area contributed by atoms with E-state index in [0.29, 0.717) is 12.2 Å². The number of hydrogen-bond donors (Lipinski definition) is 3. The van der Waals surface area contributed by atoms with Crippen LogP contribution in [0.5, 0.6) is 0 Å². The number of thioether (sulfide) groups is 1. The summed E-state index contributed by atoms with van der Waals surface area (Å²) in [5, 5.41) is 5.24. The number of hydrogen-bond acceptors (Lipinski definition) is 4. The summed E-state index contributed by atoms with van der Waals surface area (Å²) < 4.78 is 12.8. The maximum absolute atomic E-state index is 12.8. The Labute approximate surface area is 159 Å². The molecule has 0 aromatic heterocycles. The molecule has 0 spiro atoms. The molecule has 0 bridgehead atoms. The van der Waals surface area contributed by atoms with Crippen molar-refractivity contribution >= 4 is 41.7 Å². The third kappa shape index (κ3) is 9.67. The van der Waals surface area contributed by atoms with Crippen molar-refractivity contribution in [2.24, 2.45) is 5.73 Å². The number of anilines is 1. The molecule has 8 heteroatoms. The van der Waals surface area contributed by atoms with Crippen molar-refractivity contribution < 1.29 is 14.0 Å². The van der Waals surface area contributed by atoms with Gasteiger partial charge in [0.05, 0.1) is 11.0 Å². The highest BCUT2D eigenvalue weighted by atomic mass is 35.5. The summed E-state index contributed by atoms with van der Waals surface area (Å²) in [6.45, 7) is 4.26. The molecule has 1 rings (SSSR count). The van der Waals surface area contributed by atoms with Gasteiger partial charge in [-0.15, -0.1) is 24.2 Å². The number of nitrogens with two attached hydrogens (primary N) is 1. The average Bonchev–Trinajstić information content (AvgIpc) is 2.58. The first kappa shape index (κ1) is 23.7. The number of unbranched alkanes of at least 4 members (excludes halogenated alkanes) is 1. The van der Waals surface area contributed by atoms with Crippen LogP contribution in [-0.2, 0) is 9.59 Å². The third-order valence-electron chi connectivity index (χ3n) is 3.50. The van der Waals surface area contributed by atoms with Crippen LogP contribution in [0.2, 0.25) is 0 Å². The molecule has 0 saturated heterocycles. The minimum absolute atomic E-state index is 0. The number of nitrogens with one attached hydrogen (secondary N) is 2. The number of halogens is 2. The predicted octanol–water partition coefficient (Wildman–Crippen LogP) is 2.94. The molecule has 0 radical (unpaired) electrons. The van der Waals surface area contributed by atoms with E-state index in [1.165, 1.54) is 36.0 Å². The summed E-state index contributed by atoms with van der Waals surface area (Å²) in [6, 6.07) is 5.53. The molecule has 142 valence electrons. The van der Waals surface area contributed by atoms with Gasteiger partial charge in [0.2, 0.25) is 11.8 Å². The van der Waals surface area contributed by atoms with Crippen molar-refractivity contribution in [1.82, 2.24) is 5.32 Å². The van der Waals surface area contributed by atoms with Crippen LogP contribution in [0.15, 0.2) is 24.3 Å². The fourth-order valence-electron chi connectivity index (χ4n) is 2.02. The van der Waals surface area contributed by atoms with Crippen molar-refractivity contribution in [3.8, 4) is 0 Å². The molecule has 0 aliphatic rings. The number of rotatable bonds is 10. The fraction of sp³-hybridized carbons (Fsp3) is 0.529. The second-order valence-electron chi connectivity index (χ2n) is 5.59. The lowest BCUT2D eigenvalue weighted by Gasteiger charge is -2.19. The second-order valence-corrected chi connectivity index (χ2v) is 6.92. The monoisotopic (exact) mass is 391 g/mol. The molecule has 2 amide bonds. The van der Waals surface area contributed by atoms with Gasteiger partial charge in [-0.05, 0) is 37.6 Å². The largest absolute Gasteiger partial charge is 0.351 e. The van der Waals surface area contributed by atoms with Gasteiger partial charge in [-0.25, -0.2) is 4.39 Å². The summed E-state index contributed by atoms with van der Waals surface area (Å²) in [5.74, 6) is -0.548. The topological polar surface area (TPSA) is 84.2 Å². The third-order valence-corrected chi connectivity index (χ3v) is 4.64. The van der Waals surface area contributed by atoms with Gasteiger partial charge >= 0.3 is 0 Å². The van der Waals surface area contributed by atoms with E-state index in [1.54, 1.807) is 6.92 Å². The van der Waals surface area contributed by atoms with Crippen molar-refractivity contribution in [1.29, 1.82) is 0 Å². The van der Waals surface area contributed by atoms with Crippen LogP contribution < -0.4 is 16.4 Å². The van der Waals surface area contributed by atoms with Gasteiger partial charge in [0.15, 0.2) is 0 Å². The molecule has 0 saturated carbocycles. The Balaban J connectivity index is 0.00000576. The van der Waals surface area contributed by atoms with Crippen molar-refractivity contribution in [3.05, 3.63) is 30.1 Å². The Morgan fingerprint density at radius 2 is 1.92 bits per heavy atom. The van der Waals surface area contributed by atoms with Gasteiger partial charge in [-0.3, -0.25) is 9.59 Å². The predicted molar refractivity (Wildman–Crippen MR) is 105 cm³/mol. The van der Waals surface area contributed by atoms with Gasteiger partial charge in [0.25, 0.3) is 0 Å². The number of amides is 2. The zero-order chi connectivity index (χ0) is 17.9. The lowest BCUT2D eigenvalue weighted by molar-refractivity contribution is -0.121. The Bertz CT molecular complexity index is 531. The quantitative estimate of drug-likeness (QED) is 0.572. The van der Waals surface area contributed by atoms with E-state index in [9.17, 15) is 14.0 Å². The van der Waals surface area contributed by atoms with Gasteiger partial charge in [-0.1, -0.05) is 19.8 Å². The van der Waals surface area contributed by atoms with E-state index < -0.39 is 0 Å². The van der Waals surface area contributed by atoms with Gasteiger partial charge < -0.3 is 16.4 Å². The van der Waals surface area contributed by atoms with E-state index in [2.05, 4.69) is 17.6 Å². The van der Waals surface area contributed by atoms with Crippen LogP contribution in [0.25, 0.3) is 0 Å². The lowest BCUT2D eigenvalue weighted by atomic mass is 10.1. The standard InChI is InChI=1S/C17H26FN3O2S.ClH/c1-3-4-5-15(10-19)21-17(23)12(2)24-11-16(22)20-14-8-6-13(18)7-9-14;/h6-9,12,15H,3-5,10-11,19H2,1-2H3,(H,20,22)(H,21,23);1H. The van der Waals surface area contributed by atoms with Gasteiger partial charge in [-0.2, -0.15) is 0 Å². The molecular formula is C17H27ClFN3O2S. The normalized spacial score (nSPS) is 12.6. The van der Waals surface area contributed by atoms with Crippen LogP contribution in [0, 0.1) is 5.82 Å². The molecule has 25 heavy (non-hydrogen) atoms. The first-order valence-electron chi connectivity index (χ1n) is 8.13. The number of benzene rings is 1. The van der Waals surface area contributed by atoms with Crippen LogP contribution in [0.1, 0.15) is 33.1 Å². The Hall–Kier alpha value is -1.31. The van der Waals surface area contributed by atoms with Crippen molar-refractivity contribution in [2.45, 2.75) is 44.4 Å². The van der Waals surface area contributed by atoms with Gasteiger partial charge in [0, 0.05) is 18.3 Å². The highest BCUT2D eigenvalue weighted by Crippen LogP contribution is 2.13. The molecule has 5 nitrogen and oxygen atoms in total. The summed E-state index contributed by atoms with van der Waals surface area (Å²) in [5.41, 5.74) is 6.20. The summed E-state index contributed by atoms with van der Waals surface area (Å²) in [7, 11) is 0. The van der Waals surface area contributed by atoms with Crippen LogP contribution in [0.3, 0.4) is 0 Å². The van der Waals surface area contributed by atoms with Gasteiger partial charge in [0.1, 0.15) is 5.82 Å². The van der Waals surface area contributed by atoms with Crippen molar-refractivity contribution in [3.63, 3.8) is 0 Å². The Morgan fingerprint density at radius 1 is 1.28 bits per heavy atom. The molecule has 1 aromatic carbocycles. The maximum atomic E-state index is 12.8. The first-order chi connectivity index (χ1) is 11.5. The molecule has 0 fully saturated rings. The minimum Gasteiger partial charge on any atom is -0.351 e. The SMILES string of the molecule is CCCCC(CN)NC(=O)C(C)SCC(=O)Nc1ccc(F)cc1.Cl. The summed E-state index contributed by atoms with van der Waals surface area (Å²) in [6.07, 6.45) is 2.94. The second kappa shape index (κ2) is 13.0. The highest BCUT2D eigenvalue weighted by Gasteiger charge is 2.18. The van der Waals surface area contributed by atoms with Crippen LogP contribution in [0.4, 0.5) is 10.1 Å². The highest BCUT2D eigenvalue weighted by molar-refractivity contribution is 8.01. The van der Waals surface area contributed by atoms with E-state index >= 15 is 0 Å². The van der Waals surface area contributed by atoms with Crippen LogP contribution >= 0.6 is 24.2 Å². The van der Waals surface area contributed by atoms with E-state index in [0.717, 1.165) is 19.3 Å². The average molecular weight is 392 g/mol. The molecule has 0 aliphatic carbocycles. The molecule has 2 unspecified atom stereocenters. The van der Waals surface area contributed by atoms with E-state index in [1.807, 2.05) is 0 Å². The Kier molecular flexibility index (Phi) is 12.3. The molecule has 1 aromatic rings. The Morgan fingerprint density at radius 3 is 2.48 bits per heavy atom. The molecule has 2 atom stereocenters. The molecule has 0 aliphatic heterocycles. The van der Waals surface area contributed by atoms with E-state index in [4.69, 9.17) is 5.73 Å². The summed E-state index contributed by atoms with van der Waals surface area (Å²) in [4.78, 5) is 24.0. The summed E-state index contributed by atoms with van der Waals surface area (Å²) >= 11 is 1.25. The zero-order valence-electron chi connectivity index (χ0n) is 14.6. The molecule has 4 N–H and O–H groups in total. The fourth-order valence-corrected chi connectivity index (χ4v) is 2.72. The smallest absolute Gasteiger partial charge is 0.234 e.